The Bertz CT molecular complexity index is 1290. The van der Waals surface area contributed by atoms with Crippen molar-refractivity contribution in [3.8, 4) is 5.69 Å². The number of anilines is 1. The molecule has 0 bridgehead atoms. The quantitative estimate of drug-likeness (QED) is 0.489. The lowest BCUT2D eigenvalue weighted by Gasteiger charge is -2.10. The molecular formula is C24H19N5O2S. The minimum absolute atomic E-state index is 0.168. The van der Waals surface area contributed by atoms with E-state index >= 15 is 0 Å². The highest BCUT2D eigenvalue weighted by atomic mass is 32.2. The third-order valence-electron chi connectivity index (χ3n) is 5.13. The lowest BCUT2D eigenvalue weighted by atomic mass is 10.1. The summed E-state index contributed by atoms with van der Waals surface area (Å²) in [5, 5.41) is 14.1. The number of amides is 2. The van der Waals surface area contributed by atoms with Gasteiger partial charge in [0.2, 0.25) is 0 Å². The molecule has 5 rings (SSSR count). The summed E-state index contributed by atoms with van der Waals surface area (Å²) in [5.41, 5.74) is 3.77. The van der Waals surface area contributed by atoms with E-state index in [4.69, 9.17) is 0 Å². The Kier molecular flexibility index (Phi) is 5.43. The van der Waals surface area contributed by atoms with Crippen molar-refractivity contribution in [1.82, 2.24) is 20.3 Å². The van der Waals surface area contributed by atoms with Gasteiger partial charge in [-0.3, -0.25) is 9.59 Å². The van der Waals surface area contributed by atoms with E-state index in [1.54, 1.807) is 35.4 Å². The highest BCUT2D eigenvalue weighted by Gasteiger charge is 2.20. The minimum Gasteiger partial charge on any atom is -0.352 e. The van der Waals surface area contributed by atoms with Crippen molar-refractivity contribution in [3.63, 3.8) is 0 Å². The van der Waals surface area contributed by atoms with E-state index in [2.05, 4.69) is 20.8 Å². The van der Waals surface area contributed by atoms with Crippen LogP contribution in [0.2, 0.25) is 0 Å². The Balaban J connectivity index is 1.22. The average Bonchev–Trinajstić information content (AvgIpc) is 3.31. The summed E-state index contributed by atoms with van der Waals surface area (Å²) < 4.78 is 0. The van der Waals surface area contributed by atoms with Gasteiger partial charge in [0.15, 0.2) is 0 Å². The van der Waals surface area contributed by atoms with Gasteiger partial charge in [0.1, 0.15) is 0 Å². The van der Waals surface area contributed by atoms with Crippen LogP contribution in [-0.2, 0) is 6.42 Å². The van der Waals surface area contributed by atoms with Crippen LogP contribution in [0.25, 0.3) is 5.69 Å². The third-order valence-corrected chi connectivity index (χ3v) is 6.28. The maximum atomic E-state index is 12.7. The zero-order valence-electron chi connectivity index (χ0n) is 17.0. The van der Waals surface area contributed by atoms with Crippen LogP contribution in [0, 0.1) is 0 Å². The Morgan fingerprint density at radius 3 is 2.56 bits per heavy atom. The molecule has 2 amide bonds. The fourth-order valence-corrected chi connectivity index (χ4v) is 4.49. The monoisotopic (exact) mass is 441 g/mol. The Morgan fingerprint density at radius 1 is 0.969 bits per heavy atom. The van der Waals surface area contributed by atoms with Gasteiger partial charge in [-0.2, -0.15) is 15.0 Å². The number of aromatic nitrogens is 3. The van der Waals surface area contributed by atoms with Crippen LogP contribution in [-0.4, -0.2) is 33.4 Å². The fraction of sp³-hybridized carbons (Fsp3) is 0.0833. The van der Waals surface area contributed by atoms with Gasteiger partial charge in [0, 0.05) is 21.9 Å². The third kappa shape index (κ3) is 4.13. The van der Waals surface area contributed by atoms with E-state index in [1.807, 2.05) is 48.5 Å². The van der Waals surface area contributed by atoms with Gasteiger partial charge in [0.25, 0.3) is 11.8 Å². The standard InChI is InChI=1S/C24H19N5O2S/c30-23(25-12-11-16-5-8-18(9-6-16)29-26-13-14-27-29)17-7-10-22-20(15-17)28-24(31)19-3-1-2-4-21(19)32-22/h1-10,13-15H,11-12H2,(H,25,30)(H,28,31). The van der Waals surface area contributed by atoms with E-state index in [0.717, 1.165) is 21.0 Å². The van der Waals surface area contributed by atoms with Crippen LogP contribution in [0.4, 0.5) is 5.69 Å². The molecule has 0 atom stereocenters. The summed E-state index contributed by atoms with van der Waals surface area (Å²) in [6.07, 6.45) is 3.97. The molecule has 158 valence electrons. The SMILES string of the molecule is O=C(NCCc1ccc(-n2nccn2)cc1)c1ccc2c(c1)NC(=O)c1ccccc1S2. The molecule has 0 radical (unpaired) electrons. The molecule has 0 saturated heterocycles. The molecule has 0 aliphatic carbocycles. The van der Waals surface area contributed by atoms with Crippen molar-refractivity contribution in [3.05, 3.63) is 95.8 Å². The number of hydrogen-bond acceptors (Lipinski definition) is 5. The topological polar surface area (TPSA) is 88.9 Å². The second kappa shape index (κ2) is 8.68. The molecular weight excluding hydrogens is 422 g/mol. The maximum Gasteiger partial charge on any atom is 0.256 e. The predicted octanol–water partition coefficient (Wildman–Crippen LogP) is 3.96. The zero-order chi connectivity index (χ0) is 21.9. The average molecular weight is 442 g/mol. The molecule has 1 aliphatic rings. The molecule has 32 heavy (non-hydrogen) atoms. The normalized spacial score (nSPS) is 12.3. The Hall–Kier alpha value is -3.91. The van der Waals surface area contributed by atoms with E-state index in [1.165, 1.54) is 11.8 Å². The first-order chi connectivity index (χ1) is 15.7. The molecule has 7 nitrogen and oxygen atoms in total. The number of nitrogens with zero attached hydrogens (tertiary/aromatic N) is 3. The first kappa shape index (κ1) is 20.0. The molecule has 4 aromatic rings. The molecule has 8 heteroatoms. The molecule has 3 aromatic carbocycles. The molecule has 0 spiro atoms. The van der Waals surface area contributed by atoms with Gasteiger partial charge in [0.05, 0.1) is 29.3 Å². The number of nitrogens with one attached hydrogen (secondary N) is 2. The van der Waals surface area contributed by atoms with Crippen LogP contribution in [0.1, 0.15) is 26.3 Å². The fourth-order valence-electron chi connectivity index (χ4n) is 3.48. The summed E-state index contributed by atoms with van der Waals surface area (Å²) in [6.45, 7) is 0.502. The second-order valence-electron chi connectivity index (χ2n) is 7.25. The number of benzene rings is 3. The van der Waals surface area contributed by atoms with Gasteiger partial charge in [-0.05, 0) is 54.4 Å². The van der Waals surface area contributed by atoms with Crippen LogP contribution < -0.4 is 10.6 Å². The minimum atomic E-state index is -0.175. The molecule has 0 unspecified atom stereocenters. The summed E-state index contributed by atoms with van der Waals surface area (Å²) in [7, 11) is 0. The number of rotatable bonds is 5. The summed E-state index contributed by atoms with van der Waals surface area (Å²) in [5.74, 6) is -0.343. The van der Waals surface area contributed by atoms with Crippen molar-refractivity contribution in [1.29, 1.82) is 0 Å². The van der Waals surface area contributed by atoms with Crippen molar-refractivity contribution >= 4 is 29.3 Å². The molecule has 0 saturated carbocycles. The van der Waals surface area contributed by atoms with Crippen molar-refractivity contribution in [2.24, 2.45) is 0 Å². The highest BCUT2D eigenvalue weighted by Crippen LogP contribution is 2.38. The summed E-state index contributed by atoms with van der Waals surface area (Å²) in [6, 6.07) is 20.8. The molecule has 0 fully saturated rings. The summed E-state index contributed by atoms with van der Waals surface area (Å²) >= 11 is 1.52. The number of hydrogen-bond donors (Lipinski definition) is 2. The van der Waals surface area contributed by atoms with E-state index in [0.29, 0.717) is 29.8 Å². The Morgan fingerprint density at radius 2 is 1.75 bits per heavy atom. The van der Waals surface area contributed by atoms with Gasteiger partial charge >= 0.3 is 0 Å². The summed E-state index contributed by atoms with van der Waals surface area (Å²) in [4.78, 5) is 28.6. The predicted molar refractivity (Wildman–Crippen MR) is 122 cm³/mol. The Labute approximate surface area is 188 Å². The van der Waals surface area contributed by atoms with Crippen LogP contribution in [0.15, 0.2) is 88.9 Å². The first-order valence-corrected chi connectivity index (χ1v) is 11.0. The van der Waals surface area contributed by atoms with Crippen LogP contribution in [0.5, 0.6) is 0 Å². The number of carbonyl (C=O) groups excluding carboxylic acids is 2. The molecule has 1 aromatic heterocycles. The first-order valence-electron chi connectivity index (χ1n) is 10.1. The highest BCUT2D eigenvalue weighted by molar-refractivity contribution is 7.99. The van der Waals surface area contributed by atoms with Gasteiger partial charge in [-0.1, -0.05) is 36.0 Å². The van der Waals surface area contributed by atoms with Crippen molar-refractivity contribution in [2.45, 2.75) is 16.2 Å². The van der Waals surface area contributed by atoms with Gasteiger partial charge < -0.3 is 10.6 Å². The lowest BCUT2D eigenvalue weighted by Crippen LogP contribution is -2.25. The molecule has 2 heterocycles. The maximum absolute atomic E-state index is 12.7. The largest absolute Gasteiger partial charge is 0.352 e. The zero-order valence-corrected chi connectivity index (χ0v) is 17.8. The van der Waals surface area contributed by atoms with Crippen LogP contribution in [0.3, 0.4) is 0 Å². The van der Waals surface area contributed by atoms with Gasteiger partial charge in [-0.15, -0.1) is 0 Å². The van der Waals surface area contributed by atoms with E-state index in [-0.39, 0.29) is 11.8 Å². The number of carbonyl (C=O) groups is 2. The van der Waals surface area contributed by atoms with E-state index < -0.39 is 0 Å². The molecule has 1 aliphatic heterocycles. The number of fused-ring (bicyclic) bond motifs is 2. The second-order valence-corrected chi connectivity index (χ2v) is 8.34. The van der Waals surface area contributed by atoms with Crippen molar-refractivity contribution in [2.75, 3.05) is 11.9 Å². The lowest BCUT2D eigenvalue weighted by molar-refractivity contribution is 0.0952. The molecule has 2 N–H and O–H groups in total. The van der Waals surface area contributed by atoms with Crippen LogP contribution >= 0.6 is 11.8 Å². The smallest absolute Gasteiger partial charge is 0.256 e. The van der Waals surface area contributed by atoms with Crippen molar-refractivity contribution < 1.29 is 9.59 Å². The van der Waals surface area contributed by atoms with E-state index in [9.17, 15) is 9.59 Å². The van der Waals surface area contributed by atoms with Gasteiger partial charge in [-0.25, -0.2) is 0 Å².